The van der Waals surface area contributed by atoms with E-state index in [1.807, 2.05) is 6.07 Å². The maximum absolute atomic E-state index is 12.9. The first kappa shape index (κ1) is 12.0. The molecule has 92 valence electrons. The van der Waals surface area contributed by atoms with Gasteiger partial charge in [0, 0.05) is 0 Å². The molecule has 1 aliphatic rings. The van der Waals surface area contributed by atoms with E-state index in [1.54, 1.807) is 6.07 Å². The molecule has 1 aromatic rings. The van der Waals surface area contributed by atoms with Gasteiger partial charge in [-0.1, -0.05) is 12.1 Å². The number of ether oxygens (including phenoxy) is 1. The lowest BCUT2D eigenvalue weighted by Crippen LogP contribution is -2.23. The summed E-state index contributed by atoms with van der Waals surface area (Å²) in [4.78, 5) is 10.8. The molecule has 1 aromatic carbocycles. The number of aryl methyl sites for hydroxylation is 1. The zero-order valence-corrected chi connectivity index (χ0v) is 9.49. The summed E-state index contributed by atoms with van der Waals surface area (Å²) in [5.41, 5.74) is 0.0353. The topological polar surface area (TPSA) is 49.8 Å². The molecule has 1 atom stereocenters. The van der Waals surface area contributed by atoms with Crippen LogP contribution in [0.3, 0.4) is 0 Å². The van der Waals surface area contributed by atoms with E-state index in [2.05, 4.69) is 0 Å². The van der Waals surface area contributed by atoms with Crippen LogP contribution in [-0.2, 0) is 16.0 Å². The van der Waals surface area contributed by atoms with Crippen LogP contribution in [-0.4, -0.2) is 23.3 Å². The molecule has 17 heavy (non-hydrogen) atoms. The second-order valence-corrected chi connectivity index (χ2v) is 4.43. The van der Waals surface area contributed by atoms with Crippen molar-refractivity contribution >= 4 is 5.97 Å². The number of halogens is 1. The van der Waals surface area contributed by atoms with Crippen molar-refractivity contribution in [1.82, 2.24) is 0 Å². The predicted octanol–water partition coefficient (Wildman–Crippen LogP) is 2.39. The lowest BCUT2D eigenvalue weighted by molar-refractivity contribution is -0.143. The van der Waals surface area contributed by atoms with Crippen LogP contribution in [0.4, 0.5) is 4.39 Å². The Hall–Kier alpha value is -1.42. The van der Waals surface area contributed by atoms with E-state index in [0.717, 1.165) is 24.8 Å². The van der Waals surface area contributed by atoms with E-state index in [1.165, 1.54) is 12.1 Å². The van der Waals surface area contributed by atoms with Crippen molar-refractivity contribution in [2.75, 3.05) is 6.61 Å². The molecule has 1 fully saturated rings. The summed E-state index contributed by atoms with van der Waals surface area (Å²) in [6.07, 6.45) is 2.94. The summed E-state index contributed by atoms with van der Waals surface area (Å²) in [5, 5.41) is 8.88. The van der Waals surface area contributed by atoms with Gasteiger partial charge in [-0.25, -0.2) is 9.18 Å². The summed E-state index contributed by atoms with van der Waals surface area (Å²) in [5.74, 6) is -1.10. The van der Waals surface area contributed by atoms with Crippen molar-refractivity contribution in [3.05, 3.63) is 35.6 Å². The van der Waals surface area contributed by atoms with Gasteiger partial charge in [-0.3, -0.25) is 0 Å². The van der Waals surface area contributed by atoms with Gasteiger partial charge < -0.3 is 9.84 Å². The van der Waals surface area contributed by atoms with Crippen molar-refractivity contribution in [2.45, 2.75) is 31.3 Å². The normalized spacial score (nSPS) is 22.4. The molecule has 1 unspecified atom stereocenters. The van der Waals surface area contributed by atoms with E-state index >= 15 is 0 Å². The number of carbonyl (C=O) groups is 1. The quantitative estimate of drug-likeness (QED) is 0.611. The Bertz CT molecular complexity index is 413. The maximum Gasteiger partial charge on any atom is 0.338 e. The first-order valence-corrected chi connectivity index (χ1v) is 5.74. The van der Waals surface area contributed by atoms with E-state index in [-0.39, 0.29) is 5.82 Å². The van der Waals surface area contributed by atoms with Crippen molar-refractivity contribution in [3.63, 3.8) is 0 Å². The lowest BCUT2D eigenvalue weighted by Gasteiger charge is -2.06. The van der Waals surface area contributed by atoms with Gasteiger partial charge in [0.15, 0.2) is 5.60 Å². The van der Waals surface area contributed by atoms with Gasteiger partial charge in [-0.15, -0.1) is 0 Å². The Kier molecular flexibility index (Phi) is 3.43. The second-order valence-electron chi connectivity index (χ2n) is 4.43. The molecule has 0 radical (unpaired) electrons. The molecule has 0 amide bonds. The van der Waals surface area contributed by atoms with Crippen molar-refractivity contribution in [3.8, 4) is 0 Å². The summed E-state index contributed by atoms with van der Waals surface area (Å²) in [7, 11) is 0. The van der Waals surface area contributed by atoms with Gasteiger partial charge in [0.05, 0.1) is 6.61 Å². The minimum absolute atomic E-state index is 0.227. The van der Waals surface area contributed by atoms with Gasteiger partial charge in [0.25, 0.3) is 0 Å². The Morgan fingerprint density at radius 2 is 2.24 bits per heavy atom. The Morgan fingerprint density at radius 3 is 2.82 bits per heavy atom. The molecule has 0 saturated carbocycles. The van der Waals surface area contributed by atoms with Gasteiger partial charge in [-0.05, 0) is 43.4 Å². The minimum Gasteiger partial charge on any atom is -0.479 e. The van der Waals surface area contributed by atoms with E-state index in [9.17, 15) is 9.18 Å². The van der Waals surface area contributed by atoms with Crippen molar-refractivity contribution < 1.29 is 19.0 Å². The van der Waals surface area contributed by atoms with Crippen LogP contribution in [0.5, 0.6) is 0 Å². The molecule has 0 aliphatic carbocycles. The SMILES string of the molecule is O=C(O)C1(CCCCc2cccc(F)c2)CO1. The van der Waals surface area contributed by atoms with Crippen LogP contribution in [0.15, 0.2) is 24.3 Å². The van der Waals surface area contributed by atoms with Gasteiger partial charge >= 0.3 is 5.97 Å². The maximum atomic E-state index is 12.9. The summed E-state index contributed by atoms with van der Waals surface area (Å²) in [6, 6.07) is 6.50. The number of hydrogen-bond acceptors (Lipinski definition) is 2. The molecule has 1 heterocycles. The molecule has 2 rings (SSSR count). The number of carboxylic acid groups (broad SMARTS) is 1. The van der Waals surface area contributed by atoms with Gasteiger partial charge in [0.1, 0.15) is 5.82 Å². The summed E-state index contributed by atoms with van der Waals surface area (Å²) in [6.45, 7) is 0.322. The van der Waals surface area contributed by atoms with Crippen LogP contribution in [0.1, 0.15) is 24.8 Å². The molecule has 1 aliphatic heterocycles. The summed E-state index contributed by atoms with van der Waals surface area (Å²) >= 11 is 0. The molecule has 3 nitrogen and oxygen atoms in total. The third kappa shape index (κ3) is 3.03. The predicted molar refractivity (Wildman–Crippen MR) is 60.3 cm³/mol. The van der Waals surface area contributed by atoms with Crippen LogP contribution in [0, 0.1) is 5.82 Å². The lowest BCUT2D eigenvalue weighted by atomic mass is 10.0. The standard InChI is InChI=1S/C13H15FO3/c14-11-6-3-5-10(8-11)4-1-2-7-13(9-17-13)12(15)16/h3,5-6,8H,1-2,4,7,9H2,(H,15,16). The van der Waals surface area contributed by atoms with E-state index in [0.29, 0.717) is 13.0 Å². The zero-order valence-electron chi connectivity index (χ0n) is 9.49. The first-order chi connectivity index (χ1) is 8.12. The molecule has 1 N–H and O–H groups in total. The number of rotatable bonds is 6. The fraction of sp³-hybridized carbons (Fsp3) is 0.462. The zero-order chi connectivity index (χ0) is 12.3. The molecule has 1 saturated heterocycles. The van der Waals surface area contributed by atoms with Crippen LogP contribution in [0.25, 0.3) is 0 Å². The smallest absolute Gasteiger partial charge is 0.338 e. The average Bonchev–Trinajstić information content (AvgIpc) is 3.06. The fourth-order valence-corrected chi connectivity index (χ4v) is 1.89. The molecule has 0 spiro atoms. The number of carboxylic acids is 1. The molecular formula is C13H15FO3. The Morgan fingerprint density at radius 1 is 1.47 bits per heavy atom. The molecule has 4 heteroatoms. The molecular weight excluding hydrogens is 223 g/mol. The number of unbranched alkanes of at least 4 members (excludes halogenated alkanes) is 1. The largest absolute Gasteiger partial charge is 0.479 e. The monoisotopic (exact) mass is 238 g/mol. The van der Waals surface area contributed by atoms with Crippen LogP contribution in [0.2, 0.25) is 0 Å². The highest BCUT2D eigenvalue weighted by Gasteiger charge is 2.51. The van der Waals surface area contributed by atoms with Gasteiger partial charge in [-0.2, -0.15) is 0 Å². The number of epoxide rings is 1. The highest BCUT2D eigenvalue weighted by atomic mass is 19.1. The van der Waals surface area contributed by atoms with Crippen LogP contribution >= 0.6 is 0 Å². The van der Waals surface area contributed by atoms with E-state index in [4.69, 9.17) is 9.84 Å². The third-order valence-corrected chi connectivity index (χ3v) is 3.07. The summed E-state index contributed by atoms with van der Waals surface area (Å²) < 4.78 is 17.9. The highest BCUT2D eigenvalue weighted by molar-refractivity contribution is 5.80. The average molecular weight is 238 g/mol. The number of hydrogen-bond donors (Lipinski definition) is 1. The third-order valence-electron chi connectivity index (χ3n) is 3.07. The Labute approximate surface area is 99.2 Å². The van der Waals surface area contributed by atoms with Crippen molar-refractivity contribution in [1.29, 1.82) is 0 Å². The first-order valence-electron chi connectivity index (χ1n) is 5.74. The highest BCUT2D eigenvalue weighted by Crippen LogP contribution is 2.33. The minimum atomic E-state index is -0.915. The molecule has 0 bridgehead atoms. The Balaban J connectivity index is 1.72. The number of benzene rings is 1. The second kappa shape index (κ2) is 4.84. The fourth-order valence-electron chi connectivity index (χ4n) is 1.89. The van der Waals surface area contributed by atoms with Crippen LogP contribution < -0.4 is 0 Å². The molecule has 0 aromatic heterocycles. The number of aliphatic carboxylic acids is 1. The van der Waals surface area contributed by atoms with Gasteiger partial charge in [0.2, 0.25) is 0 Å². The van der Waals surface area contributed by atoms with E-state index < -0.39 is 11.6 Å². The van der Waals surface area contributed by atoms with Crippen molar-refractivity contribution in [2.24, 2.45) is 0 Å².